The number of ether oxygens (including phenoxy) is 2. The molecule has 0 N–H and O–H groups in total. The molecule has 1 aromatic carbocycles. The Balaban J connectivity index is 1.87. The van der Waals surface area contributed by atoms with Gasteiger partial charge in [0.1, 0.15) is 29.6 Å². The number of nitriles is 1. The second-order valence-corrected chi connectivity index (χ2v) is 4.84. The van der Waals surface area contributed by atoms with Crippen molar-refractivity contribution in [1.29, 1.82) is 5.26 Å². The fourth-order valence-electron chi connectivity index (χ4n) is 2.21. The molecule has 0 saturated heterocycles. The van der Waals surface area contributed by atoms with E-state index in [2.05, 4.69) is 26.0 Å². The minimum Gasteiger partial charge on any atom is -0.460 e. The molecule has 0 amide bonds. The number of para-hydroxylation sites is 1. The molecule has 7 heteroatoms. The fraction of sp³-hybridized carbons (Fsp3) is 0. The van der Waals surface area contributed by atoms with E-state index in [0.717, 1.165) is 11.0 Å². The van der Waals surface area contributed by atoms with Gasteiger partial charge in [0.15, 0.2) is 18.0 Å². The van der Waals surface area contributed by atoms with E-state index in [1.165, 1.54) is 18.9 Å². The molecule has 4 rings (SSSR count). The molecule has 0 radical (unpaired) electrons. The van der Waals surface area contributed by atoms with Gasteiger partial charge < -0.3 is 9.47 Å². The van der Waals surface area contributed by atoms with Crippen LogP contribution in [0.4, 0.5) is 11.5 Å². The molecule has 7 nitrogen and oxygen atoms in total. The van der Waals surface area contributed by atoms with Crippen LogP contribution in [0.15, 0.2) is 51.9 Å². The Morgan fingerprint density at radius 2 is 2.12 bits per heavy atom. The summed E-state index contributed by atoms with van der Waals surface area (Å²) < 4.78 is 10.6. The molecule has 0 spiro atoms. The van der Waals surface area contributed by atoms with Gasteiger partial charge in [-0.15, -0.1) is 0 Å². The maximum absolute atomic E-state index is 9.22. The molecule has 2 aliphatic rings. The van der Waals surface area contributed by atoms with Crippen molar-refractivity contribution in [1.82, 2.24) is 4.98 Å². The van der Waals surface area contributed by atoms with Gasteiger partial charge in [0, 0.05) is 18.0 Å². The quantitative estimate of drug-likeness (QED) is 0.630. The van der Waals surface area contributed by atoms with Crippen LogP contribution in [0.5, 0.6) is 5.75 Å². The van der Waals surface area contributed by atoms with Crippen molar-refractivity contribution in [2.24, 2.45) is 15.0 Å². The van der Waals surface area contributed by atoms with Gasteiger partial charge in [0.2, 0.25) is 0 Å². The van der Waals surface area contributed by atoms with Crippen LogP contribution in [0.3, 0.4) is 0 Å². The van der Waals surface area contributed by atoms with Crippen LogP contribution in [0.25, 0.3) is 6.20 Å². The first-order valence-electron chi connectivity index (χ1n) is 7.01. The lowest BCUT2D eigenvalue weighted by molar-refractivity contribution is 0.425. The van der Waals surface area contributed by atoms with Crippen molar-refractivity contribution < 1.29 is 9.47 Å². The molecule has 3 heterocycles. The van der Waals surface area contributed by atoms with Gasteiger partial charge in [-0.05, 0) is 12.1 Å². The fourth-order valence-corrected chi connectivity index (χ4v) is 2.21. The van der Waals surface area contributed by atoms with Crippen LogP contribution < -0.4 is 15.3 Å². The van der Waals surface area contributed by atoms with Crippen LogP contribution in [0, 0.1) is 11.3 Å². The normalized spacial score (nSPS) is 13.8. The molecule has 0 bridgehead atoms. The highest BCUT2D eigenvalue weighted by Gasteiger charge is 2.12. The van der Waals surface area contributed by atoms with Crippen LogP contribution in [-0.4, -0.2) is 17.6 Å². The van der Waals surface area contributed by atoms with Gasteiger partial charge in [-0.2, -0.15) is 10.3 Å². The molecular formula is C17H9N5O2. The zero-order valence-corrected chi connectivity index (χ0v) is 12.2. The van der Waals surface area contributed by atoms with E-state index in [-0.39, 0.29) is 0 Å². The van der Waals surface area contributed by atoms with E-state index in [1.807, 2.05) is 0 Å². The highest BCUT2D eigenvalue weighted by atomic mass is 16.5. The Hall–Kier alpha value is -3.79. The van der Waals surface area contributed by atoms with Gasteiger partial charge in [0.25, 0.3) is 0 Å². The van der Waals surface area contributed by atoms with Crippen molar-refractivity contribution in [3.63, 3.8) is 0 Å². The van der Waals surface area contributed by atoms with Crippen LogP contribution in [-0.2, 0) is 4.74 Å². The number of benzene rings is 1. The molecule has 2 aliphatic heterocycles. The zero-order chi connectivity index (χ0) is 16.4. The molecule has 0 saturated carbocycles. The van der Waals surface area contributed by atoms with Crippen molar-refractivity contribution in [2.75, 3.05) is 0 Å². The topological polar surface area (TPSA) is 92.2 Å². The molecule has 0 unspecified atom stereocenters. The Morgan fingerprint density at radius 3 is 3.04 bits per heavy atom. The van der Waals surface area contributed by atoms with Gasteiger partial charge in [0.05, 0.1) is 17.0 Å². The summed E-state index contributed by atoms with van der Waals surface area (Å²) in [5.41, 5.74) is 1.89. The minimum absolute atomic E-state index is 0.400. The Kier molecular flexibility index (Phi) is 3.33. The third-order valence-corrected chi connectivity index (χ3v) is 3.37. The first-order valence-corrected chi connectivity index (χ1v) is 7.01. The lowest BCUT2D eigenvalue weighted by Crippen LogP contribution is -2.17. The second-order valence-electron chi connectivity index (χ2n) is 4.84. The minimum atomic E-state index is 0.400. The number of rotatable bonds is 0. The number of aromatic nitrogens is 1. The molecule has 2 aromatic rings. The average Bonchev–Trinajstić information content (AvgIpc) is 3.38. The van der Waals surface area contributed by atoms with Crippen molar-refractivity contribution >= 4 is 30.3 Å². The largest absolute Gasteiger partial charge is 0.460 e. The third kappa shape index (κ3) is 2.53. The van der Waals surface area contributed by atoms with E-state index in [9.17, 15) is 5.26 Å². The smallest absolute Gasteiger partial charge is 0.182 e. The SMILES string of the molecule is N#Cc1cccc2c1OC=COC=Nc1ncc3c(c1=CN=C2)=N3. The predicted octanol–water partition coefficient (Wildman–Crippen LogP) is 1.62. The summed E-state index contributed by atoms with van der Waals surface area (Å²) in [6.07, 6.45) is 8.78. The number of pyridine rings is 1. The molecule has 0 atom stereocenters. The second kappa shape index (κ2) is 5.78. The van der Waals surface area contributed by atoms with E-state index >= 15 is 0 Å². The summed E-state index contributed by atoms with van der Waals surface area (Å²) in [6.45, 7) is 0. The summed E-state index contributed by atoms with van der Waals surface area (Å²) in [6, 6.07) is 7.33. The summed E-state index contributed by atoms with van der Waals surface area (Å²) in [5, 5.41) is 10.8. The highest BCUT2D eigenvalue weighted by Crippen LogP contribution is 2.22. The molecule has 114 valence electrons. The number of hydrogen-bond acceptors (Lipinski definition) is 7. The maximum Gasteiger partial charge on any atom is 0.182 e. The lowest BCUT2D eigenvalue weighted by Gasteiger charge is -2.05. The molecule has 24 heavy (non-hydrogen) atoms. The Morgan fingerprint density at radius 1 is 1.17 bits per heavy atom. The van der Waals surface area contributed by atoms with Crippen LogP contribution in [0.1, 0.15) is 11.1 Å². The number of fused-ring (bicyclic) bond motifs is 4. The maximum atomic E-state index is 9.22. The highest BCUT2D eigenvalue weighted by molar-refractivity contribution is 5.86. The number of hydrogen-bond donors (Lipinski definition) is 0. The van der Waals surface area contributed by atoms with Crippen LogP contribution in [0.2, 0.25) is 0 Å². The standard InChI is InChI=1S/C17H9N5O2/c18-6-11-2-1-3-12-7-19-8-13-15-14(22-15)9-20-17(13)21-10-23-4-5-24-16(11)12/h1-5,7-10H. The summed E-state index contributed by atoms with van der Waals surface area (Å²) in [7, 11) is 0. The van der Waals surface area contributed by atoms with Gasteiger partial charge in [-0.3, -0.25) is 4.99 Å². The average molecular weight is 315 g/mol. The molecule has 0 aliphatic carbocycles. The van der Waals surface area contributed by atoms with Crippen molar-refractivity contribution in [2.45, 2.75) is 0 Å². The monoisotopic (exact) mass is 315 g/mol. The third-order valence-electron chi connectivity index (χ3n) is 3.37. The lowest BCUT2D eigenvalue weighted by atomic mass is 10.1. The van der Waals surface area contributed by atoms with Gasteiger partial charge in [-0.1, -0.05) is 6.07 Å². The van der Waals surface area contributed by atoms with Crippen molar-refractivity contribution in [3.8, 4) is 11.8 Å². The zero-order valence-electron chi connectivity index (χ0n) is 12.2. The number of nitrogens with zero attached hydrogens (tertiary/aromatic N) is 5. The number of aliphatic imine (C=N–C) groups is 2. The predicted molar refractivity (Wildman–Crippen MR) is 86.9 cm³/mol. The van der Waals surface area contributed by atoms with E-state index in [4.69, 9.17) is 9.47 Å². The Bertz CT molecular complexity index is 1080. The van der Waals surface area contributed by atoms with Gasteiger partial charge >= 0.3 is 0 Å². The van der Waals surface area contributed by atoms with E-state index in [1.54, 1.807) is 36.8 Å². The first kappa shape index (κ1) is 13.8. The summed E-state index contributed by atoms with van der Waals surface area (Å²) in [5.74, 6) is 0.867. The summed E-state index contributed by atoms with van der Waals surface area (Å²) in [4.78, 5) is 16.9. The molecule has 0 fully saturated rings. The first-order chi connectivity index (χ1) is 11.9. The van der Waals surface area contributed by atoms with Crippen LogP contribution >= 0.6 is 0 Å². The van der Waals surface area contributed by atoms with E-state index < -0.39 is 0 Å². The summed E-state index contributed by atoms with van der Waals surface area (Å²) >= 11 is 0. The van der Waals surface area contributed by atoms with Gasteiger partial charge in [-0.25, -0.2) is 9.98 Å². The Labute approximate surface area is 136 Å². The molecular weight excluding hydrogens is 306 g/mol. The van der Waals surface area contributed by atoms with Crippen molar-refractivity contribution in [3.05, 3.63) is 58.6 Å². The molecule has 1 aromatic heterocycles. The van der Waals surface area contributed by atoms with E-state index in [0.29, 0.717) is 27.9 Å².